The molecule has 0 aliphatic carbocycles. The van der Waals surface area contributed by atoms with Gasteiger partial charge < -0.3 is 9.68 Å². The summed E-state index contributed by atoms with van der Waals surface area (Å²) in [5, 5.41) is -1.24. The van der Waals surface area contributed by atoms with Gasteiger partial charge in [0.15, 0.2) is 0 Å². The first-order chi connectivity index (χ1) is 4.91. The molecule has 0 fully saturated rings. The summed E-state index contributed by atoms with van der Waals surface area (Å²) < 4.78 is 57.7. The summed E-state index contributed by atoms with van der Waals surface area (Å²) in [6, 6.07) is -4.11. The summed E-state index contributed by atoms with van der Waals surface area (Å²) in [6.07, 6.45) is -5.09. The van der Waals surface area contributed by atoms with Gasteiger partial charge in [-0.25, -0.2) is 0 Å². The van der Waals surface area contributed by atoms with Crippen LogP contribution in [-0.4, -0.2) is 11.5 Å². The molecule has 0 saturated carbocycles. The van der Waals surface area contributed by atoms with Crippen LogP contribution in [0.3, 0.4) is 0 Å². The topological polar surface area (TPSA) is 21.7 Å². The van der Waals surface area contributed by atoms with Crippen molar-refractivity contribution in [3.63, 3.8) is 0 Å². The Morgan fingerprint density at radius 3 is 1.55 bits per heavy atom. The second kappa shape index (κ2) is 2.22. The van der Waals surface area contributed by atoms with E-state index < -0.39 is 23.6 Å². The monoisotopic (exact) mass is 177 g/mol. The average Bonchev–Trinajstić information content (AvgIpc) is 2.11. The zero-order valence-electron chi connectivity index (χ0n) is 4.65. The van der Waals surface area contributed by atoms with Crippen molar-refractivity contribution in [1.29, 1.82) is 0 Å². The predicted octanol–water partition coefficient (Wildman–Crippen LogP) is 1.75. The third-order valence-electron chi connectivity index (χ3n) is 0.688. The Kier molecular flexibility index (Phi) is 1.63. The van der Waals surface area contributed by atoms with Gasteiger partial charge in [-0.05, 0) is 0 Å². The number of nitrogens with zero attached hydrogens (tertiary/aromatic N) is 1. The summed E-state index contributed by atoms with van der Waals surface area (Å²) in [6.45, 7) is 0. The van der Waals surface area contributed by atoms with Crippen molar-refractivity contribution in [2.45, 2.75) is 6.30 Å². The van der Waals surface area contributed by atoms with Crippen LogP contribution >= 0.6 is 0 Å². The van der Waals surface area contributed by atoms with Crippen molar-refractivity contribution in [2.24, 2.45) is 0 Å². The number of hydroxylamine groups is 2. The van der Waals surface area contributed by atoms with Crippen LogP contribution in [0.5, 0.6) is 0 Å². The number of halogens is 5. The van der Waals surface area contributed by atoms with Gasteiger partial charge in [-0.15, -0.1) is 0 Å². The fraction of sp³-hybridized carbons (Fsp3) is 0.333. The zero-order chi connectivity index (χ0) is 8.65. The molecule has 1 aliphatic heterocycles. The van der Waals surface area contributed by atoms with Crippen LogP contribution in [0, 0.1) is 0 Å². The second-order valence-electron chi connectivity index (χ2n) is 1.45. The molecule has 0 atom stereocenters. The molecule has 11 heavy (non-hydrogen) atoms. The highest BCUT2D eigenvalue weighted by Crippen LogP contribution is 2.32. The maximum atomic E-state index is 11.7. The molecule has 0 spiro atoms. The van der Waals surface area contributed by atoms with E-state index >= 15 is 0 Å². The average molecular weight is 177 g/mol. The molecular weight excluding hydrogens is 177 g/mol. The number of alkyl halides is 3. The molecule has 3 nitrogen and oxygen atoms in total. The maximum absolute atomic E-state index is 11.7. The first-order valence-electron chi connectivity index (χ1n) is 2.19. The SMILES string of the molecule is FC1=C(F)ON(C(F)(F)F)O1. The van der Waals surface area contributed by atoms with Crippen molar-refractivity contribution in [3.8, 4) is 0 Å². The summed E-state index contributed by atoms with van der Waals surface area (Å²) in [7, 11) is 0. The molecule has 0 N–H and O–H groups in total. The molecule has 0 saturated heterocycles. The van der Waals surface area contributed by atoms with Gasteiger partial charge in [0, 0.05) is 0 Å². The van der Waals surface area contributed by atoms with Gasteiger partial charge in [0.1, 0.15) is 5.23 Å². The molecule has 8 heteroatoms. The molecule has 0 aromatic rings. The van der Waals surface area contributed by atoms with E-state index in [4.69, 9.17) is 0 Å². The fourth-order valence-corrected chi connectivity index (χ4v) is 0.340. The van der Waals surface area contributed by atoms with Crippen LogP contribution < -0.4 is 0 Å². The lowest BCUT2D eigenvalue weighted by Gasteiger charge is -2.13. The van der Waals surface area contributed by atoms with E-state index in [1.54, 1.807) is 0 Å². The quantitative estimate of drug-likeness (QED) is 0.415. The molecule has 0 amide bonds. The minimum absolute atomic E-state index is 1.24. The molecule has 1 rings (SSSR count). The third-order valence-corrected chi connectivity index (χ3v) is 0.688. The molecule has 64 valence electrons. The van der Waals surface area contributed by atoms with Crippen LogP contribution in [0.25, 0.3) is 0 Å². The highest BCUT2D eigenvalue weighted by molar-refractivity contribution is 4.84. The molecule has 0 aromatic carbocycles. The van der Waals surface area contributed by atoms with Gasteiger partial charge >= 0.3 is 18.3 Å². The fourth-order valence-electron chi connectivity index (χ4n) is 0.340. The highest BCUT2D eigenvalue weighted by atomic mass is 19.4. The van der Waals surface area contributed by atoms with E-state index in [-0.39, 0.29) is 0 Å². The number of hydrogen-bond donors (Lipinski definition) is 0. The summed E-state index contributed by atoms with van der Waals surface area (Å²) in [5.41, 5.74) is 0. The lowest BCUT2D eigenvalue weighted by atomic mass is 11.0. The molecular formula is C3F5NO2. The largest absolute Gasteiger partial charge is 0.527 e. The van der Waals surface area contributed by atoms with E-state index in [9.17, 15) is 22.0 Å². The highest BCUT2D eigenvalue weighted by Gasteiger charge is 2.48. The summed E-state index contributed by atoms with van der Waals surface area (Å²) >= 11 is 0. The van der Waals surface area contributed by atoms with Gasteiger partial charge in [0.25, 0.3) is 0 Å². The molecule has 0 radical (unpaired) electrons. The number of hydrogen-bond acceptors (Lipinski definition) is 3. The van der Waals surface area contributed by atoms with E-state index in [2.05, 4.69) is 9.68 Å². The Bertz CT molecular complexity index is 184. The Balaban J connectivity index is 2.62. The smallest absolute Gasteiger partial charge is 0.325 e. The summed E-state index contributed by atoms with van der Waals surface area (Å²) in [4.78, 5) is 6.32. The predicted molar refractivity (Wildman–Crippen MR) is 19.3 cm³/mol. The van der Waals surface area contributed by atoms with Crippen molar-refractivity contribution in [3.05, 3.63) is 12.0 Å². The van der Waals surface area contributed by atoms with Crippen LogP contribution in [-0.2, 0) is 9.68 Å². The zero-order valence-corrected chi connectivity index (χ0v) is 4.65. The Morgan fingerprint density at radius 1 is 1.00 bits per heavy atom. The molecule has 1 aliphatic rings. The Labute approximate surface area is 56.5 Å². The van der Waals surface area contributed by atoms with Crippen LogP contribution in [0.15, 0.2) is 12.0 Å². The van der Waals surface area contributed by atoms with Crippen molar-refractivity contribution in [2.75, 3.05) is 0 Å². The van der Waals surface area contributed by atoms with Crippen LogP contribution in [0.1, 0.15) is 0 Å². The van der Waals surface area contributed by atoms with Crippen molar-refractivity contribution >= 4 is 0 Å². The molecule has 1 heterocycles. The van der Waals surface area contributed by atoms with Gasteiger partial charge in [0.05, 0.1) is 0 Å². The minimum atomic E-state index is -5.09. The van der Waals surface area contributed by atoms with E-state index in [0.717, 1.165) is 0 Å². The normalized spacial score (nSPS) is 20.1. The van der Waals surface area contributed by atoms with Gasteiger partial charge in [-0.1, -0.05) is 0 Å². The second-order valence-corrected chi connectivity index (χ2v) is 1.45. The molecule has 0 bridgehead atoms. The van der Waals surface area contributed by atoms with Crippen molar-refractivity contribution in [1.82, 2.24) is 5.23 Å². The lowest BCUT2D eigenvalue weighted by molar-refractivity contribution is -0.466. The third kappa shape index (κ3) is 1.50. The van der Waals surface area contributed by atoms with E-state index in [0.29, 0.717) is 0 Å². The molecule has 0 unspecified atom stereocenters. The van der Waals surface area contributed by atoms with Gasteiger partial charge in [0.2, 0.25) is 0 Å². The first-order valence-corrected chi connectivity index (χ1v) is 2.19. The lowest BCUT2D eigenvalue weighted by Crippen LogP contribution is -2.33. The van der Waals surface area contributed by atoms with Gasteiger partial charge in [-0.3, -0.25) is 0 Å². The van der Waals surface area contributed by atoms with Crippen LogP contribution in [0.2, 0.25) is 0 Å². The maximum Gasteiger partial charge on any atom is 0.527 e. The standard InChI is InChI=1S/C3F5NO2/c4-1-2(5)11-9(10-1)3(6,7)8. The van der Waals surface area contributed by atoms with Gasteiger partial charge in [-0.2, -0.15) is 22.0 Å². The van der Waals surface area contributed by atoms with Crippen LogP contribution in [0.4, 0.5) is 22.0 Å². The van der Waals surface area contributed by atoms with E-state index in [1.807, 2.05) is 0 Å². The molecule has 0 aromatic heterocycles. The first kappa shape index (κ1) is 8.05. The van der Waals surface area contributed by atoms with Crippen molar-refractivity contribution < 1.29 is 31.6 Å². The Hall–Kier alpha value is -1.05. The Morgan fingerprint density at radius 2 is 1.36 bits per heavy atom. The number of rotatable bonds is 0. The van der Waals surface area contributed by atoms with E-state index in [1.165, 1.54) is 0 Å². The summed E-state index contributed by atoms with van der Waals surface area (Å²) in [5.74, 6) is 0. The minimum Gasteiger partial charge on any atom is -0.325 e.